The number of aromatic nitrogens is 2. The molecular formula is C86H59BN4S2. The Morgan fingerprint density at radius 3 is 1.10 bits per heavy atom. The van der Waals surface area contributed by atoms with Crippen molar-refractivity contribution < 1.29 is 30.2 Å². The summed E-state index contributed by atoms with van der Waals surface area (Å²) in [6, 6.07) is 41.0. The molecule has 4 aromatic heterocycles. The minimum atomic E-state index is -1.55. The Morgan fingerprint density at radius 2 is 0.720 bits per heavy atom. The van der Waals surface area contributed by atoms with Crippen LogP contribution in [0.1, 0.15) is 56.5 Å². The molecule has 2 aliphatic rings. The second kappa shape index (κ2) is 20.8. The van der Waals surface area contributed by atoms with Crippen molar-refractivity contribution in [2.24, 2.45) is 0 Å². The number of nitrogens with zero attached hydrogens (tertiary/aromatic N) is 4. The summed E-state index contributed by atoms with van der Waals surface area (Å²) in [5, 5.41) is -0.483. The zero-order valence-corrected chi connectivity index (χ0v) is 51.5. The normalized spacial score (nSPS) is 16.1. The zero-order valence-electron chi connectivity index (χ0n) is 71.8. The molecular weight excluding hydrogens is 1160 g/mol. The standard InChI is InChI=1S/C86H59BN4S2/c1-86(2,3)58-50-75-81-76(51-58)91(83-63(56-30-12-6-13-31-56)40-25-41-64(83)57-32-14-7-15-33-57)74-53-60(89-72-43-21-17-35-66(72)80-68-37-19-23-45-78(68)93-85(80)89)47-49-70(74)87(81)69-48-46-59(88-71-42-20-16-34-65(71)79-67-36-18-22-44-77(67)92-84(79)88)52-73(69)90(75)82-61(54-26-8-4-9-27-54)38-24-39-62(82)55-28-10-5-11-29-55/h4-53H,1-3H3/i16D,17D,18D,19D,20D,21D,22D,23D,34D,35D,36D,37D,42D,43D,44D,45D,46D,47D,48D,49D,52D,53D. The minimum Gasteiger partial charge on any atom is -0.310 e. The maximum Gasteiger partial charge on any atom is 0.252 e. The molecule has 0 N–H and O–H groups in total. The largest absolute Gasteiger partial charge is 0.310 e. The molecule has 0 fully saturated rings. The summed E-state index contributed by atoms with van der Waals surface area (Å²) in [6.45, 7) is 4.55. The molecule has 2 aliphatic heterocycles. The fourth-order valence-electron chi connectivity index (χ4n) is 14.0. The van der Waals surface area contributed by atoms with Gasteiger partial charge in [-0.05, 0) is 110 Å². The molecule has 17 aromatic rings. The fourth-order valence-corrected chi connectivity index (χ4v) is 16.2. The molecule has 0 atom stereocenters. The van der Waals surface area contributed by atoms with Crippen molar-refractivity contribution in [1.29, 1.82) is 0 Å². The average molecular weight is 1250 g/mol. The van der Waals surface area contributed by atoms with Crippen molar-refractivity contribution >= 4 is 142 Å². The van der Waals surface area contributed by atoms with Crippen LogP contribution in [0.15, 0.2) is 303 Å². The molecule has 0 radical (unpaired) electrons. The van der Waals surface area contributed by atoms with Gasteiger partial charge in [-0.25, -0.2) is 0 Å². The smallest absolute Gasteiger partial charge is 0.252 e. The molecule has 19 rings (SSSR count). The Kier molecular flexibility index (Phi) is 8.09. The summed E-state index contributed by atoms with van der Waals surface area (Å²) in [5.41, 5.74) is 5.48. The second-order valence-electron chi connectivity index (χ2n) is 24.2. The predicted molar refractivity (Wildman–Crippen MR) is 400 cm³/mol. The third-order valence-corrected chi connectivity index (χ3v) is 20.2. The SMILES string of the molecule is [2H]c1c([2H])c(-n2c3sc4c([2H])c([2H])c([2H])c([2H])c4c3c3c([2H])c([2H])c([2H])c([2H])c32)c([2H])c2c1B1c3c(cc(C(C)(C)C)cc3N(c3c(-c4ccccc4)cccc3-c3ccccc3)c3c([2H])c(-n4c5sc6c([2H])c([2H])c([2H])c([2H])c6c5c5c([2H])c([2H])c([2H])c([2H])c54)c([2H])c([2H])c31)N2c1c(-c2ccccc2)cccc1-c1ccccc1. The van der Waals surface area contributed by atoms with Gasteiger partial charge in [-0.15, -0.1) is 22.7 Å². The number of fused-ring (bicyclic) bond motifs is 14. The van der Waals surface area contributed by atoms with E-state index in [-0.39, 0.29) is 84.7 Å². The first kappa shape index (κ1) is 36.2. The van der Waals surface area contributed by atoms with E-state index in [9.17, 15) is 21.9 Å². The highest BCUT2D eigenvalue weighted by Gasteiger charge is 2.46. The number of benzene rings is 13. The molecule has 93 heavy (non-hydrogen) atoms. The van der Waals surface area contributed by atoms with Crippen LogP contribution in [0.3, 0.4) is 0 Å². The highest BCUT2D eigenvalue weighted by Crippen LogP contribution is 2.55. The van der Waals surface area contributed by atoms with Crippen molar-refractivity contribution in [3.05, 3.63) is 308 Å². The van der Waals surface area contributed by atoms with Gasteiger partial charge in [-0.3, -0.25) is 0 Å². The van der Waals surface area contributed by atoms with Gasteiger partial charge in [0.15, 0.2) is 0 Å². The lowest BCUT2D eigenvalue weighted by Crippen LogP contribution is -2.61. The van der Waals surface area contributed by atoms with Crippen LogP contribution in [0.4, 0.5) is 34.1 Å². The van der Waals surface area contributed by atoms with E-state index >= 15 is 0 Å². The number of para-hydroxylation sites is 4. The predicted octanol–water partition coefficient (Wildman–Crippen LogP) is 22.4. The van der Waals surface area contributed by atoms with Gasteiger partial charge in [0.05, 0.1) is 52.6 Å². The molecule has 0 amide bonds. The summed E-state index contributed by atoms with van der Waals surface area (Å²) < 4.78 is 220. The van der Waals surface area contributed by atoms with Gasteiger partial charge in [0.25, 0.3) is 6.71 Å². The first-order valence-electron chi connectivity index (χ1n) is 41.4. The molecule has 0 bridgehead atoms. The van der Waals surface area contributed by atoms with E-state index in [2.05, 4.69) is 0 Å². The molecule has 13 aromatic carbocycles. The molecule has 6 heterocycles. The van der Waals surface area contributed by atoms with Crippen molar-refractivity contribution in [3.63, 3.8) is 0 Å². The molecule has 438 valence electrons. The van der Waals surface area contributed by atoms with Crippen LogP contribution in [0.25, 0.3) is 118 Å². The topological polar surface area (TPSA) is 16.3 Å². The molecule has 0 spiro atoms. The molecule has 0 saturated carbocycles. The van der Waals surface area contributed by atoms with E-state index in [0.717, 1.165) is 22.7 Å². The lowest BCUT2D eigenvalue weighted by Gasteiger charge is -2.46. The van der Waals surface area contributed by atoms with Crippen LogP contribution in [-0.4, -0.2) is 15.8 Å². The van der Waals surface area contributed by atoms with Crippen LogP contribution in [0, 0.1) is 0 Å². The molecule has 0 aliphatic carbocycles. The Hall–Kier alpha value is -11.0. The van der Waals surface area contributed by atoms with Gasteiger partial charge in [-0.2, -0.15) is 0 Å². The van der Waals surface area contributed by atoms with Gasteiger partial charge in [0, 0.05) is 98.1 Å². The van der Waals surface area contributed by atoms with Crippen LogP contribution in [0.5, 0.6) is 0 Å². The van der Waals surface area contributed by atoms with E-state index in [1.54, 1.807) is 0 Å². The third-order valence-electron chi connectivity index (χ3n) is 18.0. The second-order valence-corrected chi connectivity index (χ2v) is 26.2. The number of hydrogen-bond donors (Lipinski definition) is 0. The summed E-state index contributed by atoms with van der Waals surface area (Å²) in [7, 11) is 0. The molecule has 4 nitrogen and oxygen atoms in total. The van der Waals surface area contributed by atoms with E-state index < -0.39 is 156 Å². The Labute approximate surface area is 579 Å². The highest BCUT2D eigenvalue weighted by atomic mass is 32.1. The van der Waals surface area contributed by atoms with Gasteiger partial charge in [-0.1, -0.05) is 263 Å². The van der Waals surface area contributed by atoms with E-state index in [1.165, 1.54) is 9.13 Å². The van der Waals surface area contributed by atoms with Gasteiger partial charge in [0.2, 0.25) is 0 Å². The maximum atomic E-state index is 11.6. The minimum absolute atomic E-state index is 0.00595. The first-order chi connectivity index (χ1) is 55.0. The van der Waals surface area contributed by atoms with Crippen LogP contribution in [-0.2, 0) is 5.41 Å². The van der Waals surface area contributed by atoms with Crippen molar-refractivity contribution in [2.45, 2.75) is 26.2 Å². The van der Waals surface area contributed by atoms with Gasteiger partial charge in [0.1, 0.15) is 9.66 Å². The Bertz CT molecular complexity index is 6710. The van der Waals surface area contributed by atoms with Crippen molar-refractivity contribution in [3.8, 4) is 55.9 Å². The van der Waals surface area contributed by atoms with Gasteiger partial charge >= 0.3 is 0 Å². The van der Waals surface area contributed by atoms with Crippen LogP contribution < -0.4 is 26.2 Å². The average Bonchev–Trinajstić information content (AvgIpc) is 1.60. The zero-order chi connectivity index (χ0) is 80.8. The Balaban J connectivity index is 1.06. The number of rotatable bonds is 8. The summed E-state index contributed by atoms with van der Waals surface area (Å²) in [4.78, 5) is 3.84. The summed E-state index contributed by atoms with van der Waals surface area (Å²) in [6.07, 6.45) is 0. The number of hydrogen-bond acceptors (Lipinski definition) is 4. The van der Waals surface area contributed by atoms with Crippen molar-refractivity contribution in [1.82, 2.24) is 9.13 Å². The summed E-state index contributed by atoms with van der Waals surface area (Å²) >= 11 is 1.68. The van der Waals surface area contributed by atoms with Crippen molar-refractivity contribution in [2.75, 3.05) is 9.80 Å². The van der Waals surface area contributed by atoms with E-state index in [4.69, 9.17) is 8.22 Å². The van der Waals surface area contributed by atoms with E-state index in [1.807, 2.05) is 200 Å². The first-order valence-corrected chi connectivity index (χ1v) is 32.0. The van der Waals surface area contributed by atoms with E-state index in [0.29, 0.717) is 78.3 Å². The number of thiophene rings is 2. The summed E-state index contributed by atoms with van der Waals surface area (Å²) in [5.74, 6) is 0. The quantitative estimate of drug-likeness (QED) is 0.141. The molecule has 7 heteroatoms. The third kappa shape index (κ3) is 8.16. The van der Waals surface area contributed by atoms with Gasteiger partial charge < -0.3 is 18.9 Å². The maximum absolute atomic E-state index is 11.6. The number of anilines is 6. The lowest BCUT2D eigenvalue weighted by atomic mass is 9.33. The van der Waals surface area contributed by atoms with Crippen LogP contribution >= 0.6 is 22.7 Å². The fraction of sp³-hybridized carbons (Fsp3) is 0.0465. The highest BCUT2D eigenvalue weighted by molar-refractivity contribution is 7.26. The molecule has 0 saturated heterocycles. The molecule has 0 unspecified atom stereocenters. The monoisotopic (exact) mass is 1240 g/mol. The van der Waals surface area contributed by atoms with Crippen LogP contribution in [0.2, 0.25) is 0 Å². The lowest BCUT2D eigenvalue weighted by molar-refractivity contribution is 0.590. The Morgan fingerprint density at radius 1 is 0.366 bits per heavy atom.